The van der Waals surface area contributed by atoms with Crippen molar-refractivity contribution in [2.45, 2.75) is 4.90 Å². The number of aromatic nitrogens is 4. The summed E-state index contributed by atoms with van der Waals surface area (Å²) in [6, 6.07) is 5.90. The fourth-order valence-electron chi connectivity index (χ4n) is 1.08. The number of primary sulfonamides is 1. The van der Waals surface area contributed by atoms with Crippen LogP contribution in [-0.4, -0.2) is 29.0 Å². The second kappa shape index (κ2) is 3.41. The van der Waals surface area contributed by atoms with Gasteiger partial charge in [0, 0.05) is 5.56 Å². The summed E-state index contributed by atoms with van der Waals surface area (Å²) in [5, 5.41) is 18.1. The van der Waals surface area contributed by atoms with Gasteiger partial charge in [0.05, 0.1) is 4.90 Å². The highest BCUT2D eigenvalue weighted by Gasteiger charge is 2.08. The topological polar surface area (TPSA) is 115 Å². The molecular weight excluding hydrogens is 218 g/mol. The molecule has 0 saturated heterocycles. The number of benzene rings is 1. The summed E-state index contributed by atoms with van der Waals surface area (Å²) < 4.78 is 21.9. The van der Waals surface area contributed by atoms with Gasteiger partial charge < -0.3 is 0 Å². The summed E-state index contributed by atoms with van der Waals surface area (Å²) in [4.78, 5) is 0.0507. The minimum Gasteiger partial charge on any atom is -0.225 e. The summed E-state index contributed by atoms with van der Waals surface area (Å²) in [5.41, 5.74) is 0.663. The SMILES string of the molecule is NS(=O)(=O)c1ccc(-c2nn[nH]n2)cc1. The summed E-state index contributed by atoms with van der Waals surface area (Å²) >= 11 is 0. The number of tetrazole rings is 1. The smallest absolute Gasteiger partial charge is 0.225 e. The van der Waals surface area contributed by atoms with E-state index < -0.39 is 10.0 Å². The molecule has 15 heavy (non-hydrogen) atoms. The Hall–Kier alpha value is -1.80. The minimum atomic E-state index is -3.65. The van der Waals surface area contributed by atoms with Gasteiger partial charge in [0.2, 0.25) is 15.8 Å². The third-order valence-corrected chi connectivity index (χ3v) is 2.72. The predicted molar refractivity (Wildman–Crippen MR) is 51.0 cm³/mol. The summed E-state index contributed by atoms with van der Waals surface area (Å²) in [5.74, 6) is 0.399. The van der Waals surface area contributed by atoms with E-state index in [4.69, 9.17) is 5.14 Å². The highest BCUT2D eigenvalue weighted by molar-refractivity contribution is 7.89. The van der Waals surface area contributed by atoms with E-state index in [2.05, 4.69) is 20.6 Å². The molecule has 7 nitrogen and oxygen atoms in total. The number of sulfonamides is 1. The highest BCUT2D eigenvalue weighted by atomic mass is 32.2. The number of nitrogens with zero attached hydrogens (tertiary/aromatic N) is 3. The molecule has 0 unspecified atom stereocenters. The molecule has 0 radical (unpaired) electrons. The summed E-state index contributed by atoms with van der Waals surface area (Å²) in [6.07, 6.45) is 0. The average molecular weight is 225 g/mol. The van der Waals surface area contributed by atoms with E-state index >= 15 is 0 Å². The first kappa shape index (κ1) is 9.74. The quantitative estimate of drug-likeness (QED) is 0.715. The van der Waals surface area contributed by atoms with Crippen LogP contribution in [-0.2, 0) is 10.0 Å². The van der Waals surface area contributed by atoms with Crippen LogP contribution in [0.3, 0.4) is 0 Å². The lowest BCUT2D eigenvalue weighted by Crippen LogP contribution is -2.11. The zero-order valence-corrected chi connectivity index (χ0v) is 8.27. The fourth-order valence-corrected chi connectivity index (χ4v) is 1.59. The van der Waals surface area contributed by atoms with Gasteiger partial charge in [0.25, 0.3) is 0 Å². The summed E-state index contributed by atoms with van der Waals surface area (Å²) in [7, 11) is -3.65. The van der Waals surface area contributed by atoms with Gasteiger partial charge in [-0.2, -0.15) is 5.21 Å². The van der Waals surface area contributed by atoms with Crippen LogP contribution in [0.15, 0.2) is 29.2 Å². The van der Waals surface area contributed by atoms with Crippen molar-refractivity contribution in [3.05, 3.63) is 24.3 Å². The van der Waals surface area contributed by atoms with Crippen molar-refractivity contribution in [2.75, 3.05) is 0 Å². The van der Waals surface area contributed by atoms with Crippen LogP contribution >= 0.6 is 0 Å². The Morgan fingerprint density at radius 3 is 2.33 bits per heavy atom. The molecule has 0 aliphatic heterocycles. The molecule has 3 N–H and O–H groups in total. The molecule has 2 aromatic rings. The van der Waals surface area contributed by atoms with Gasteiger partial charge in [-0.05, 0) is 29.5 Å². The van der Waals surface area contributed by atoms with Gasteiger partial charge in [-0.25, -0.2) is 13.6 Å². The highest BCUT2D eigenvalue weighted by Crippen LogP contribution is 2.15. The first-order valence-corrected chi connectivity index (χ1v) is 5.49. The maximum atomic E-state index is 11.0. The lowest BCUT2D eigenvalue weighted by molar-refractivity contribution is 0.598. The summed E-state index contributed by atoms with van der Waals surface area (Å²) in [6.45, 7) is 0. The number of nitrogens with one attached hydrogen (secondary N) is 1. The van der Waals surface area contributed by atoms with Gasteiger partial charge in [-0.15, -0.1) is 10.2 Å². The molecule has 0 amide bonds. The number of hydrogen-bond acceptors (Lipinski definition) is 5. The molecule has 2 rings (SSSR count). The van der Waals surface area contributed by atoms with Gasteiger partial charge >= 0.3 is 0 Å². The zero-order chi connectivity index (χ0) is 10.9. The lowest BCUT2D eigenvalue weighted by atomic mass is 10.2. The van der Waals surface area contributed by atoms with Crippen LogP contribution in [0.25, 0.3) is 11.4 Å². The molecule has 1 heterocycles. The largest absolute Gasteiger partial charge is 0.238 e. The molecule has 0 bridgehead atoms. The molecule has 78 valence electrons. The second-order valence-electron chi connectivity index (χ2n) is 2.80. The minimum absolute atomic E-state index is 0.0507. The first-order valence-electron chi connectivity index (χ1n) is 3.94. The van der Waals surface area contributed by atoms with E-state index in [0.29, 0.717) is 11.4 Å². The van der Waals surface area contributed by atoms with E-state index in [1.807, 2.05) is 0 Å². The van der Waals surface area contributed by atoms with Crippen molar-refractivity contribution in [2.24, 2.45) is 5.14 Å². The molecule has 0 spiro atoms. The van der Waals surface area contributed by atoms with E-state index in [1.165, 1.54) is 12.1 Å². The number of nitrogens with two attached hydrogens (primary N) is 1. The molecule has 0 atom stereocenters. The second-order valence-corrected chi connectivity index (χ2v) is 4.37. The molecule has 1 aromatic heterocycles. The molecule has 0 saturated carbocycles. The van der Waals surface area contributed by atoms with Gasteiger partial charge in [0.1, 0.15) is 0 Å². The van der Waals surface area contributed by atoms with E-state index in [9.17, 15) is 8.42 Å². The molecule has 1 aromatic carbocycles. The van der Waals surface area contributed by atoms with Crippen molar-refractivity contribution in [1.29, 1.82) is 0 Å². The monoisotopic (exact) mass is 225 g/mol. The van der Waals surface area contributed by atoms with Crippen LogP contribution in [0.1, 0.15) is 0 Å². The fraction of sp³-hybridized carbons (Fsp3) is 0. The third-order valence-electron chi connectivity index (χ3n) is 1.79. The van der Waals surface area contributed by atoms with Gasteiger partial charge in [-0.1, -0.05) is 0 Å². The Balaban J connectivity index is 2.42. The van der Waals surface area contributed by atoms with Crippen molar-refractivity contribution in [3.63, 3.8) is 0 Å². The average Bonchev–Trinajstić information content (AvgIpc) is 2.69. The number of aromatic amines is 1. The van der Waals surface area contributed by atoms with Crippen molar-refractivity contribution in [1.82, 2.24) is 20.6 Å². The van der Waals surface area contributed by atoms with Crippen LogP contribution in [0.2, 0.25) is 0 Å². The third kappa shape index (κ3) is 2.00. The zero-order valence-electron chi connectivity index (χ0n) is 7.45. The van der Waals surface area contributed by atoms with Crippen molar-refractivity contribution in [3.8, 4) is 11.4 Å². The predicted octanol–water partition coefficient (Wildman–Crippen LogP) is -0.486. The van der Waals surface area contributed by atoms with Crippen LogP contribution in [0, 0.1) is 0 Å². The number of H-pyrrole nitrogens is 1. The standard InChI is InChI=1S/C7H7N5O2S/c8-15(13,14)6-3-1-5(2-4-6)7-9-11-12-10-7/h1-4H,(H2,8,13,14)(H,9,10,11,12). The van der Waals surface area contributed by atoms with Gasteiger partial charge in [-0.3, -0.25) is 0 Å². The van der Waals surface area contributed by atoms with Crippen LogP contribution in [0.4, 0.5) is 0 Å². The molecule has 8 heteroatoms. The van der Waals surface area contributed by atoms with E-state index in [0.717, 1.165) is 0 Å². The Morgan fingerprint density at radius 2 is 1.87 bits per heavy atom. The van der Waals surface area contributed by atoms with Crippen LogP contribution < -0.4 is 5.14 Å². The molecule has 0 aliphatic carbocycles. The lowest BCUT2D eigenvalue weighted by Gasteiger charge is -1.98. The van der Waals surface area contributed by atoms with Crippen molar-refractivity contribution >= 4 is 10.0 Å². The molecule has 0 aliphatic rings. The van der Waals surface area contributed by atoms with E-state index in [1.54, 1.807) is 12.1 Å². The maximum absolute atomic E-state index is 11.0. The van der Waals surface area contributed by atoms with Crippen LogP contribution in [0.5, 0.6) is 0 Å². The van der Waals surface area contributed by atoms with Gasteiger partial charge in [0.15, 0.2) is 0 Å². The Labute approximate surface area is 85.4 Å². The Bertz CT molecular complexity index is 546. The normalized spacial score (nSPS) is 11.5. The van der Waals surface area contributed by atoms with E-state index in [-0.39, 0.29) is 4.90 Å². The Morgan fingerprint density at radius 1 is 1.20 bits per heavy atom. The molecular formula is C7H7N5O2S. The number of hydrogen-bond donors (Lipinski definition) is 2. The van der Waals surface area contributed by atoms with Crippen molar-refractivity contribution < 1.29 is 8.42 Å². The maximum Gasteiger partial charge on any atom is 0.238 e. The number of rotatable bonds is 2. The molecule has 0 fully saturated rings. The first-order chi connectivity index (χ1) is 7.07. The Kier molecular flexibility index (Phi) is 2.21.